The molecule has 1 aromatic carbocycles. The third kappa shape index (κ3) is 2.02. The standard InChI is InChI=1S/C12H15NO3/c1-16-12(15)11-7-13-6-10(11)8-3-2-4-9(14)5-8/h2-5,10-11,13-14H,6-7H2,1H3/t10-,11-/m1/s1. The van der Waals surface area contributed by atoms with Crippen molar-refractivity contribution >= 4 is 5.97 Å². The van der Waals surface area contributed by atoms with Crippen LogP contribution < -0.4 is 5.32 Å². The van der Waals surface area contributed by atoms with Gasteiger partial charge in [0, 0.05) is 19.0 Å². The fraction of sp³-hybridized carbons (Fsp3) is 0.417. The quantitative estimate of drug-likeness (QED) is 0.727. The van der Waals surface area contributed by atoms with Gasteiger partial charge in [-0.2, -0.15) is 0 Å². The number of phenolic OH excluding ortho intramolecular Hbond substituents is 1. The fourth-order valence-electron chi connectivity index (χ4n) is 2.18. The van der Waals surface area contributed by atoms with Gasteiger partial charge in [0.25, 0.3) is 0 Å². The largest absolute Gasteiger partial charge is 0.508 e. The Morgan fingerprint density at radius 1 is 1.50 bits per heavy atom. The van der Waals surface area contributed by atoms with E-state index in [1.165, 1.54) is 7.11 Å². The van der Waals surface area contributed by atoms with Crippen LogP contribution in [-0.4, -0.2) is 31.3 Å². The van der Waals surface area contributed by atoms with Crippen molar-refractivity contribution in [2.24, 2.45) is 5.92 Å². The van der Waals surface area contributed by atoms with E-state index in [4.69, 9.17) is 4.74 Å². The van der Waals surface area contributed by atoms with Crippen LogP contribution in [0.15, 0.2) is 24.3 Å². The third-order valence-electron chi connectivity index (χ3n) is 3.02. The number of nitrogens with one attached hydrogen (secondary N) is 1. The van der Waals surface area contributed by atoms with Crippen LogP contribution in [0.3, 0.4) is 0 Å². The first-order valence-electron chi connectivity index (χ1n) is 5.30. The Morgan fingerprint density at radius 3 is 3.00 bits per heavy atom. The minimum absolute atomic E-state index is 0.0829. The molecule has 1 aromatic rings. The molecule has 0 aromatic heterocycles. The zero-order valence-corrected chi connectivity index (χ0v) is 9.14. The van der Waals surface area contributed by atoms with Crippen LogP contribution in [0.4, 0.5) is 0 Å². The zero-order chi connectivity index (χ0) is 11.5. The lowest BCUT2D eigenvalue weighted by Gasteiger charge is -2.16. The number of phenols is 1. The molecule has 2 atom stereocenters. The normalized spacial score (nSPS) is 24.3. The van der Waals surface area contributed by atoms with Crippen molar-refractivity contribution in [1.82, 2.24) is 5.32 Å². The monoisotopic (exact) mass is 221 g/mol. The topological polar surface area (TPSA) is 58.6 Å². The first-order valence-corrected chi connectivity index (χ1v) is 5.30. The second-order valence-electron chi connectivity index (χ2n) is 3.99. The van der Waals surface area contributed by atoms with Gasteiger partial charge >= 0.3 is 5.97 Å². The van der Waals surface area contributed by atoms with E-state index < -0.39 is 0 Å². The maximum Gasteiger partial charge on any atom is 0.310 e. The first-order chi connectivity index (χ1) is 7.72. The summed E-state index contributed by atoms with van der Waals surface area (Å²) < 4.78 is 4.77. The number of ether oxygens (including phenoxy) is 1. The lowest BCUT2D eigenvalue weighted by molar-refractivity contribution is -0.145. The summed E-state index contributed by atoms with van der Waals surface area (Å²) in [6.45, 7) is 1.37. The van der Waals surface area contributed by atoms with Crippen molar-refractivity contribution in [2.75, 3.05) is 20.2 Å². The van der Waals surface area contributed by atoms with Gasteiger partial charge in [-0.3, -0.25) is 4.79 Å². The van der Waals surface area contributed by atoms with E-state index in [-0.39, 0.29) is 23.6 Å². The Bertz CT molecular complexity index is 392. The number of aromatic hydroxyl groups is 1. The van der Waals surface area contributed by atoms with Gasteiger partial charge < -0.3 is 15.2 Å². The van der Waals surface area contributed by atoms with Gasteiger partial charge in [0.05, 0.1) is 13.0 Å². The molecule has 1 aliphatic heterocycles. The van der Waals surface area contributed by atoms with Gasteiger partial charge in [0.1, 0.15) is 5.75 Å². The van der Waals surface area contributed by atoms with Gasteiger partial charge in [0.2, 0.25) is 0 Å². The van der Waals surface area contributed by atoms with Crippen molar-refractivity contribution < 1.29 is 14.6 Å². The summed E-state index contributed by atoms with van der Waals surface area (Å²) in [5, 5.41) is 12.6. The average molecular weight is 221 g/mol. The Hall–Kier alpha value is -1.55. The molecule has 0 unspecified atom stereocenters. The molecule has 1 heterocycles. The van der Waals surface area contributed by atoms with Crippen LogP contribution >= 0.6 is 0 Å². The number of rotatable bonds is 2. The Labute approximate surface area is 94.2 Å². The molecule has 2 N–H and O–H groups in total. The highest BCUT2D eigenvalue weighted by Crippen LogP contribution is 2.30. The third-order valence-corrected chi connectivity index (χ3v) is 3.02. The number of esters is 1. The fourth-order valence-corrected chi connectivity index (χ4v) is 2.18. The predicted octanol–water partition coefficient (Wildman–Crippen LogP) is 0.868. The highest BCUT2D eigenvalue weighted by Gasteiger charge is 2.34. The van der Waals surface area contributed by atoms with E-state index >= 15 is 0 Å². The van der Waals surface area contributed by atoms with Crippen molar-refractivity contribution in [2.45, 2.75) is 5.92 Å². The maximum atomic E-state index is 11.6. The number of hydrogen-bond acceptors (Lipinski definition) is 4. The summed E-state index contributed by atoms with van der Waals surface area (Å²) in [6, 6.07) is 7.04. The van der Waals surface area contributed by atoms with Crippen molar-refractivity contribution in [3.8, 4) is 5.75 Å². The molecule has 86 valence electrons. The number of hydrogen-bond donors (Lipinski definition) is 2. The molecule has 1 fully saturated rings. The summed E-state index contributed by atoms with van der Waals surface area (Å²) in [7, 11) is 1.40. The van der Waals surface area contributed by atoms with E-state index in [9.17, 15) is 9.90 Å². The van der Waals surface area contributed by atoms with Gasteiger partial charge in [-0.1, -0.05) is 12.1 Å². The van der Waals surface area contributed by atoms with Crippen LogP contribution in [0.2, 0.25) is 0 Å². The van der Waals surface area contributed by atoms with Crippen LogP contribution in [0.1, 0.15) is 11.5 Å². The summed E-state index contributed by atoms with van der Waals surface area (Å²) in [5.74, 6) is -0.0438. The molecule has 4 heteroatoms. The Morgan fingerprint density at radius 2 is 2.31 bits per heavy atom. The van der Waals surface area contributed by atoms with Crippen molar-refractivity contribution in [1.29, 1.82) is 0 Å². The number of benzene rings is 1. The van der Waals surface area contributed by atoms with Gasteiger partial charge in [-0.25, -0.2) is 0 Å². The lowest BCUT2D eigenvalue weighted by atomic mass is 9.89. The molecule has 0 amide bonds. The average Bonchev–Trinajstić information content (AvgIpc) is 2.77. The molecule has 0 spiro atoms. The van der Waals surface area contributed by atoms with Crippen molar-refractivity contribution in [3.05, 3.63) is 29.8 Å². The summed E-state index contributed by atoms with van der Waals surface area (Å²) in [6.07, 6.45) is 0. The molecule has 4 nitrogen and oxygen atoms in total. The van der Waals surface area contributed by atoms with Gasteiger partial charge in [0.15, 0.2) is 0 Å². The van der Waals surface area contributed by atoms with Crippen molar-refractivity contribution in [3.63, 3.8) is 0 Å². The van der Waals surface area contributed by atoms with Gasteiger partial charge in [-0.05, 0) is 17.7 Å². The predicted molar refractivity (Wildman–Crippen MR) is 59.2 cm³/mol. The number of carbonyl (C=O) groups is 1. The highest BCUT2D eigenvalue weighted by atomic mass is 16.5. The maximum absolute atomic E-state index is 11.6. The molecule has 2 rings (SSSR count). The summed E-state index contributed by atoms with van der Waals surface area (Å²) in [4.78, 5) is 11.6. The second kappa shape index (κ2) is 4.53. The molecular weight excluding hydrogens is 206 g/mol. The molecule has 0 saturated carbocycles. The smallest absolute Gasteiger partial charge is 0.310 e. The van der Waals surface area contributed by atoms with E-state index in [1.54, 1.807) is 18.2 Å². The first kappa shape index (κ1) is 11.0. The molecule has 16 heavy (non-hydrogen) atoms. The molecule has 1 aliphatic rings. The van der Waals surface area contributed by atoms with E-state index in [2.05, 4.69) is 5.32 Å². The molecule has 0 radical (unpaired) electrons. The van der Waals surface area contributed by atoms with E-state index in [0.29, 0.717) is 6.54 Å². The number of methoxy groups -OCH3 is 1. The SMILES string of the molecule is COC(=O)[C@@H]1CNC[C@@H]1c1cccc(O)c1. The molecule has 0 bridgehead atoms. The minimum atomic E-state index is -0.196. The van der Waals surface area contributed by atoms with E-state index in [0.717, 1.165) is 12.1 Å². The van der Waals surface area contributed by atoms with Gasteiger partial charge in [-0.15, -0.1) is 0 Å². The Balaban J connectivity index is 2.23. The minimum Gasteiger partial charge on any atom is -0.508 e. The van der Waals surface area contributed by atoms with Crippen LogP contribution in [-0.2, 0) is 9.53 Å². The van der Waals surface area contributed by atoms with Crippen LogP contribution in [0, 0.1) is 5.92 Å². The highest BCUT2D eigenvalue weighted by molar-refractivity contribution is 5.74. The molecule has 0 aliphatic carbocycles. The lowest BCUT2D eigenvalue weighted by Crippen LogP contribution is -2.22. The molecule has 1 saturated heterocycles. The van der Waals surface area contributed by atoms with E-state index in [1.807, 2.05) is 6.07 Å². The van der Waals surface area contributed by atoms with Crippen LogP contribution in [0.25, 0.3) is 0 Å². The zero-order valence-electron chi connectivity index (χ0n) is 9.14. The van der Waals surface area contributed by atoms with Crippen LogP contribution in [0.5, 0.6) is 5.75 Å². The molecular formula is C12H15NO3. The Kier molecular flexibility index (Phi) is 3.10. The second-order valence-corrected chi connectivity index (χ2v) is 3.99. The summed E-state index contributed by atoms with van der Waals surface area (Å²) in [5.41, 5.74) is 0.973. The summed E-state index contributed by atoms with van der Waals surface area (Å²) >= 11 is 0. The number of carbonyl (C=O) groups excluding carboxylic acids is 1.